The Bertz CT molecular complexity index is 390. The van der Waals surface area contributed by atoms with Gasteiger partial charge < -0.3 is 10.2 Å². The molecule has 0 fully saturated rings. The van der Waals surface area contributed by atoms with Gasteiger partial charge in [0, 0.05) is 11.8 Å². The van der Waals surface area contributed by atoms with E-state index < -0.39 is 0 Å². The van der Waals surface area contributed by atoms with Crippen molar-refractivity contribution in [1.82, 2.24) is 15.0 Å². The van der Waals surface area contributed by atoms with Crippen molar-refractivity contribution >= 4 is 5.82 Å². The van der Waals surface area contributed by atoms with Crippen LogP contribution in [0.25, 0.3) is 11.6 Å². The third-order valence-corrected chi connectivity index (χ3v) is 1.53. The Morgan fingerprint density at radius 3 is 2.85 bits per heavy atom. The van der Waals surface area contributed by atoms with E-state index in [0.717, 1.165) is 5.69 Å². The SMILES string of the molecule is Cc1cc(N)nc(-c2cnco2)n1. The smallest absolute Gasteiger partial charge is 0.199 e. The van der Waals surface area contributed by atoms with Crippen molar-refractivity contribution in [2.24, 2.45) is 0 Å². The molecule has 2 N–H and O–H groups in total. The van der Waals surface area contributed by atoms with E-state index in [0.29, 0.717) is 17.4 Å². The second-order valence-electron chi connectivity index (χ2n) is 2.62. The third-order valence-electron chi connectivity index (χ3n) is 1.53. The Morgan fingerprint density at radius 2 is 2.23 bits per heavy atom. The summed E-state index contributed by atoms with van der Waals surface area (Å²) in [6, 6.07) is 1.69. The molecule has 2 rings (SSSR count). The molecule has 0 amide bonds. The minimum absolute atomic E-state index is 0.430. The van der Waals surface area contributed by atoms with Gasteiger partial charge in [0.25, 0.3) is 0 Å². The van der Waals surface area contributed by atoms with Gasteiger partial charge in [0.1, 0.15) is 5.82 Å². The van der Waals surface area contributed by atoms with Crippen molar-refractivity contribution < 1.29 is 4.42 Å². The van der Waals surface area contributed by atoms with Gasteiger partial charge >= 0.3 is 0 Å². The first-order chi connectivity index (χ1) is 6.25. The van der Waals surface area contributed by atoms with Gasteiger partial charge in [-0.3, -0.25) is 0 Å². The van der Waals surface area contributed by atoms with Crippen LogP contribution < -0.4 is 5.73 Å². The highest BCUT2D eigenvalue weighted by Gasteiger charge is 2.05. The molecule has 0 aromatic carbocycles. The molecule has 0 radical (unpaired) electrons. The summed E-state index contributed by atoms with van der Waals surface area (Å²) >= 11 is 0. The number of nitrogen functional groups attached to an aromatic ring is 1. The Hall–Kier alpha value is -1.91. The average molecular weight is 176 g/mol. The number of anilines is 1. The van der Waals surface area contributed by atoms with Crippen molar-refractivity contribution in [3.8, 4) is 11.6 Å². The first-order valence-corrected chi connectivity index (χ1v) is 3.76. The zero-order valence-corrected chi connectivity index (χ0v) is 7.06. The number of hydrogen-bond acceptors (Lipinski definition) is 5. The predicted molar refractivity (Wildman–Crippen MR) is 46.7 cm³/mol. The molecule has 2 aromatic rings. The molecule has 2 aromatic heterocycles. The van der Waals surface area contributed by atoms with Gasteiger partial charge in [-0.25, -0.2) is 15.0 Å². The van der Waals surface area contributed by atoms with Gasteiger partial charge in [-0.2, -0.15) is 0 Å². The van der Waals surface area contributed by atoms with E-state index in [1.165, 1.54) is 6.39 Å². The van der Waals surface area contributed by atoms with E-state index >= 15 is 0 Å². The van der Waals surface area contributed by atoms with Gasteiger partial charge in [-0.1, -0.05) is 0 Å². The van der Waals surface area contributed by atoms with Crippen LogP contribution in [0.1, 0.15) is 5.69 Å². The van der Waals surface area contributed by atoms with E-state index in [4.69, 9.17) is 10.2 Å². The Labute approximate surface area is 74.6 Å². The van der Waals surface area contributed by atoms with Crippen LogP contribution in [0, 0.1) is 6.92 Å². The summed E-state index contributed by atoms with van der Waals surface area (Å²) < 4.78 is 5.04. The maximum atomic E-state index is 5.55. The molecule has 0 aliphatic heterocycles. The highest BCUT2D eigenvalue weighted by molar-refractivity contribution is 5.48. The van der Waals surface area contributed by atoms with Gasteiger partial charge in [0.05, 0.1) is 6.20 Å². The van der Waals surface area contributed by atoms with Gasteiger partial charge in [0.2, 0.25) is 0 Å². The number of hydrogen-bond donors (Lipinski definition) is 1. The van der Waals surface area contributed by atoms with Crippen molar-refractivity contribution in [3.05, 3.63) is 24.4 Å². The maximum Gasteiger partial charge on any atom is 0.199 e. The van der Waals surface area contributed by atoms with Crippen molar-refractivity contribution in [1.29, 1.82) is 0 Å². The highest BCUT2D eigenvalue weighted by atomic mass is 16.3. The molecule has 0 aliphatic carbocycles. The zero-order valence-electron chi connectivity index (χ0n) is 7.06. The van der Waals surface area contributed by atoms with Gasteiger partial charge in [0.15, 0.2) is 18.0 Å². The van der Waals surface area contributed by atoms with Crippen LogP contribution in [0.3, 0.4) is 0 Å². The maximum absolute atomic E-state index is 5.55. The summed E-state index contributed by atoms with van der Waals surface area (Å²) in [5, 5.41) is 0. The lowest BCUT2D eigenvalue weighted by Crippen LogP contribution is -1.96. The fourth-order valence-electron chi connectivity index (χ4n) is 1.03. The molecule has 0 bridgehead atoms. The molecule has 0 spiro atoms. The Kier molecular flexibility index (Phi) is 1.70. The van der Waals surface area contributed by atoms with E-state index in [-0.39, 0.29) is 0 Å². The Balaban J connectivity index is 2.53. The van der Waals surface area contributed by atoms with Crippen LogP contribution in [0.5, 0.6) is 0 Å². The molecule has 2 heterocycles. The summed E-state index contributed by atoms with van der Waals surface area (Å²) in [7, 11) is 0. The fourth-order valence-corrected chi connectivity index (χ4v) is 1.03. The number of nitrogens with two attached hydrogens (primary N) is 1. The normalized spacial score (nSPS) is 10.2. The monoisotopic (exact) mass is 176 g/mol. The molecule has 66 valence electrons. The lowest BCUT2D eigenvalue weighted by molar-refractivity contribution is 0.567. The molecule has 0 atom stereocenters. The summed E-state index contributed by atoms with van der Waals surface area (Å²) in [6.45, 7) is 1.85. The second-order valence-corrected chi connectivity index (χ2v) is 2.62. The first kappa shape index (κ1) is 7.72. The number of aryl methyl sites for hydroxylation is 1. The van der Waals surface area contributed by atoms with Gasteiger partial charge in [-0.05, 0) is 6.92 Å². The molecule has 13 heavy (non-hydrogen) atoms. The minimum Gasteiger partial charge on any atom is -0.440 e. The van der Waals surface area contributed by atoms with Crippen LogP contribution in [0.4, 0.5) is 5.82 Å². The molecule has 0 unspecified atom stereocenters. The Morgan fingerprint density at radius 1 is 1.38 bits per heavy atom. The summed E-state index contributed by atoms with van der Waals surface area (Å²) in [5.41, 5.74) is 6.36. The van der Waals surface area contributed by atoms with Crippen LogP contribution >= 0.6 is 0 Å². The quantitative estimate of drug-likeness (QED) is 0.701. The van der Waals surface area contributed by atoms with Crippen molar-refractivity contribution in [2.45, 2.75) is 6.92 Å². The molecule has 5 heteroatoms. The van der Waals surface area contributed by atoms with Crippen molar-refractivity contribution in [2.75, 3.05) is 5.73 Å². The second kappa shape index (κ2) is 2.85. The predicted octanol–water partition coefficient (Wildman–Crippen LogP) is 1.02. The third kappa shape index (κ3) is 1.48. The molecule has 0 saturated heterocycles. The largest absolute Gasteiger partial charge is 0.440 e. The summed E-state index contributed by atoms with van der Waals surface area (Å²) in [4.78, 5) is 11.9. The highest BCUT2D eigenvalue weighted by Crippen LogP contribution is 2.15. The number of aromatic nitrogens is 3. The average Bonchev–Trinajstić information content (AvgIpc) is 2.53. The lowest BCUT2D eigenvalue weighted by atomic mass is 10.4. The van der Waals surface area contributed by atoms with E-state index in [1.807, 2.05) is 6.92 Å². The van der Waals surface area contributed by atoms with Crippen LogP contribution in [0.15, 0.2) is 23.1 Å². The van der Waals surface area contributed by atoms with Crippen LogP contribution in [-0.4, -0.2) is 15.0 Å². The summed E-state index contributed by atoms with van der Waals surface area (Å²) in [5.74, 6) is 1.42. The zero-order chi connectivity index (χ0) is 9.26. The molecule has 0 aliphatic rings. The van der Waals surface area contributed by atoms with Crippen LogP contribution in [0.2, 0.25) is 0 Å². The molecule has 0 saturated carbocycles. The number of oxazole rings is 1. The van der Waals surface area contributed by atoms with Crippen LogP contribution in [-0.2, 0) is 0 Å². The number of nitrogens with zero attached hydrogens (tertiary/aromatic N) is 3. The molecular weight excluding hydrogens is 168 g/mol. The minimum atomic E-state index is 0.430. The van der Waals surface area contributed by atoms with E-state index in [1.54, 1.807) is 12.3 Å². The standard InChI is InChI=1S/C8H8N4O/c1-5-2-7(9)12-8(11-5)6-3-10-4-13-6/h2-4H,1H3,(H2,9,11,12). The lowest BCUT2D eigenvalue weighted by Gasteiger charge is -1.98. The van der Waals surface area contributed by atoms with E-state index in [2.05, 4.69) is 15.0 Å². The topological polar surface area (TPSA) is 77.8 Å². The fraction of sp³-hybridized carbons (Fsp3) is 0.125. The van der Waals surface area contributed by atoms with Gasteiger partial charge in [-0.15, -0.1) is 0 Å². The first-order valence-electron chi connectivity index (χ1n) is 3.76. The van der Waals surface area contributed by atoms with Crippen molar-refractivity contribution in [3.63, 3.8) is 0 Å². The van der Waals surface area contributed by atoms with E-state index in [9.17, 15) is 0 Å². The molecular formula is C8H8N4O. The molecule has 5 nitrogen and oxygen atoms in total. The number of rotatable bonds is 1. The summed E-state index contributed by atoms with van der Waals surface area (Å²) in [6.07, 6.45) is 2.88.